The summed E-state index contributed by atoms with van der Waals surface area (Å²) in [6.45, 7) is 1.39. The lowest BCUT2D eigenvalue weighted by atomic mass is 10.0. The van der Waals surface area contributed by atoms with Gasteiger partial charge in [-0.1, -0.05) is 5.21 Å². The first kappa shape index (κ1) is 13.4. The molecule has 104 valence electrons. The summed E-state index contributed by atoms with van der Waals surface area (Å²) < 4.78 is 6.46. The van der Waals surface area contributed by atoms with E-state index in [-0.39, 0.29) is 23.6 Å². The van der Waals surface area contributed by atoms with E-state index in [1.165, 1.54) is 10.9 Å². The zero-order chi connectivity index (χ0) is 13.8. The maximum atomic E-state index is 11.7. The number of ether oxygens (including phenoxy) is 1. The van der Waals surface area contributed by atoms with Crippen molar-refractivity contribution in [2.45, 2.75) is 12.6 Å². The molecular formula is C10H15N5O4. The maximum absolute atomic E-state index is 11.7. The van der Waals surface area contributed by atoms with Crippen molar-refractivity contribution in [3.8, 4) is 0 Å². The summed E-state index contributed by atoms with van der Waals surface area (Å²) in [5.74, 6) is -1.63. The zero-order valence-corrected chi connectivity index (χ0v) is 10.2. The van der Waals surface area contributed by atoms with Crippen molar-refractivity contribution in [2.75, 3.05) is 19.8 Å². The Morgan fingerprint density at radius 3 is 2.95 bits per heavy atom. The Morgan fingerprint density at radius 1 is 1.58 bits per heavy atom. The van der Waals surface area contributed by atoms with Gasteiger partial charge in [0.15, 0.2) is 5.69 Å². The summed E-state index contributed by atoms with van der Waals surface area (Å²) in [7, 11) is 0. The molecule has 19 heavy (non-hydrogen) atoms. The topological polar surface area (TPSA) is 132 Å². The van der Waals surface area contributed by atoms with Crippen molar-refractivity contribution in [3.63, 3.8) is 0 Å². The van der Waals surface area contributed by atoms with Crippen LogP contribution < -0.4 is 11.1 Å². The van der Waals surface area contributed by atoms with Crippen LogP contribution in [0.2, 0.25) is 0 Å². The van der Waals surface area contributed by atoms with Crippen molar-refractivity contribution in [3.05, 3.63) is 11.9 Å². The molecule has 2 heterocycles. The SMILES string of the molecule is NC1COCC1C(=O)NCCn1cc(C(=O)O)nn1. The summed E-state index contributed by atoms with van der Waals surface area (Å²) >= 11 is 0. The lowest BCUT2D eigenvalue weighted by Crippen LogP contribution is -2.41. The molecule has 1 aliphatic heterocycles. The summed E-state index contributed by atoms with van der Waals surface area (Å²) in [5, 5.41) is 18.5. The summed E-state index contributed by atoms with van der Waals surface area (Å²) in [4.78, 5) is 22.3. The van der Waals surface area contributed by atoms with E-state index in [0.29, 0.717) is 26.3 Å². The largest absolute Gasteiger partial charge is 0.476 e. The quantitative estimate of drug-likeness (QED) is 0.566. The van der Waals surface area contributed by atoms with E-state index in [1.54, 1.807) is 0 Å². The molecule has 0 spiro atoms. The highest BCUT2D eigenvalue weighted by Gasteiger charge is 2.30. The number of carboxylic acids is 1. The summed E-state index contributed by atoms with van der Waals surface area (Å²) in [6.07, 6.45) is 1.30. The number of hydrogen-bond donors (Lipinski definition) is 3. The smallest absolute Gasteiger partial charge is 0.358 e. The van der Waals surface area contributed by atoms with Crippen molar-refractivity contribution < 1.29 is 19.4 Å². The summed E-state index contributed by atoms with van der Waals surface area (Å²) in [6, 6.07) is -0.273. The Bertz CT molecular complexity index is 474. The molecule has 9 nitrogen and oxygen atoms in total. The molecule has 0 aliphatic carbocycles. The Morgan fingerprint density at radius 2 is 2.37 bits per heavy atom. The third-order valence-corrected chi connectivity index (χ3v) is 2.86. The van der Waals surface area contributed by atoms with Gasteiger partial charge in [0.05, 0.1) is 31.9 Å². The second-order valence-electron chi connectivity index (χ2n) is 4.27. The van der Waals surface area contributed by atoms with Crippen LogP contribution in [-0.2, 0) is 16.1 Å². The van der Waals surface area contributed by atoms with E-state index in [2.05, 4.69) is 15.6 Å². The van der Waals surface area contributed by atoms with Gasteiger partial charge in [-0.25, -0.2) is 9.48 Å². The number of nitrogens with one attached hydrogen (secondary N) is 1. The van der Waals surface area contributed by atoms with Crippen LogP contribution in [0.4, 0.5) is 0 Å². The highest BCUT2D eigenvalue weighted by molar-refractivity contribution is 5.84. The van der Waals surface area contributed by atoms with E-state index in [9.17, 15) is 9.59 Å². The highest BCUT2D eigenvalue weighted by Crippen LogP contribution is 2.11. The molecule has 2 atom stereocenters. The number of rotatable bonds is 5. The van der Waals surface area contributed by atoms with Crippen molar-refractivity contribution in [2.24, 2.45) is 11.7 Å². The third-order valence-electron chi connectivity index (χ3n) is 2.86. The van der Waals surface area contributed by atoms with Crippen LogP contribution in [0, 0.1) is 5.92 Å². The number of carboxylic acid groups (broad SMARTS) is 1. The molecule has 0 bridgehead atoms. The van der Waals surface area contributed by atoms with Gasteiger partial charge in [0.2, 0.25) is 5.91 Å². The average Bonchev–Trinajstić information content (AvgIpc) is 2.97. The van der Waals surface area contributed by atoms with E-state index in [0.717, 1.165) is 0 Å². The summed E-state index contributed by atoms with van der Waals surface area (Å²) in [5.41, 5.74) is 5.59. The minimum Gasteiger partial charge on any atom is -0.476 e. The molecule has 2 rings (SSSR count). The molecule has 1 aliphatic rings. The van der Waals surface area contributed by atoms with Gasteiger partial charge in [0.1, 0.15) is 0 Å². The van der Waals surface area contributed by atoms with Gasteiger partial charge in [-0.05, 0) is 0 Å². The number of carbonyl (C=O) groups excluding carboxylic acids is 1. The molecule has 2 unspecified atom stereocenters. The molecule has 4 N–H and O–H groups in total. The normalized spacial score (nSPS) is 22.4. The van der Waals surface area contributed by atoms with E-state index < -0.39 is 5.97 Å². The average molecular weight is 269 g/mol. The third kappa shape index (κ3) is 3.26. The second-order valence-corrected chi connectivity index (χ2v) is 4.27. The molecule has 0 aromatic carbocycles. The fourth-order valence-corrected chi connectivity index (χ4v) is 1.77. The Balaban J connectivity index is 1.76. The monoisotopic (exact) mass is 269 g/mol. The first-order chi connectivity index (χ1) is 9.08. The highest BCUT2D eigenvalue weighted by atomic mass is 16.5. The van der Waals surface area contributed by atoms with Crippen LogP contribution in [0.25, 0.3) is 0 Å². The van der Waals surface area contributed by atoms with Gasteiger partial charge in [-0.3, -0.25) is 4.79 Å². The Kier molecular flexibility index (Phi) is 4.07. The number of carbonyl (C=O) groups is 2. The van der Waals surface area contributed by atoms with Gasteiger partial charge < -0.3 is 20.9 Å². The van der Waals surface area contributed by atoms with Gasteiger partial charge in [0, 0.05) is 12.6 Å². The number of aromatic carboxylic acids is 1. The lowest BCUT2D eigenvalue weighted by Gasteiger charge is -2.12. The minimum absolute atomic E-state index is 0.127. The predicted octanol–water partition coefficient (Wildman–Crippen LogP) is -1.93. The number of amides is 1. The van der Waals surface area contributed by atoms with E-state index >= 15 is 0 Å². The fraction of sp³-hybridized carbons (Fsp3) is 0.600. The van der Waals surface area contributed by atoms with Gasteiger partial charge in [-0.2, -0.15) is 0 Å². The molecule has 1 aromatic rings. The van der Waals surface area contributed by atoms with E-state index in [4.69, 9.17) is 15.6 Å². The van der Waals surface area contributed by atoms with Gasteiger partial charge in [-0.15, -0.1) is 5.10 Å². The second kappa shape index (κ2) is 5.76. The van der Waals surface area contributed by atoms with Crippen LogP contribution in [0.1, 0.15) is 10.5 Å². The first-order valence-electron chi connectivity index (χ1n) is 5.82. The molecular weight excluding hydrogens is 254 g/mol. The number of nitrogens with two attached hydrogens (primary N) is 1. The van der Waals surface area contributed by atoms with Crippen LogP contribution in [0.15, 0.2) is 6.20 Å². The number of aromatic nitrogens is 3. The molecule has 9 heteroatoms. The molecule has 1 fully saturated rings. The van der Waals surface area contributed by atoms with Crippen molar-refractivity contribution >= 4 is 11.9 Å². The molecule has 0 radical (unpaired) electrons. The minimum atomic E-state index is -1.13. The standard InChI is InChI=1S/C10H15N5O4/c11-7-5-19-4-6(7)9(16)12-1-2-15-3-8(10(17)18)13-14-15/h3,6-7H,1-2,4-5,11H2,(H,12,16)(H,17,18). The molecule has 1 aromatic heterocycles. The van der Waals surface area contributed by atoms with Gasteiger partial charge >= 0.3 is 5.97 Å². The predicted molar refractivity (Wildman–Crippen MR) is 62.3 cm³/mol. The van der Waals surface area contributed by atoms with Crippen LogP contribution in [0.3, 0.4) is 0 Å². The Labute approximate surface area is 108 Å². The van der Waals surface area contributed by atoms with Crippen LogP contribution >= 0.6 is 0 Å². The van der Waals surface area contributed by atoms with Crippen molar-refractivity contribution in [1.82, 2.24) is 20.3 Å². The zero-order valence-electron chi connectivity index (χ0n) is 10.2. The maximum Gasteiger partial charge on any atom is 0.358 e. The number of nitrogens with zero attached hydrogens (tertiary/aromatic N) is 3. The van der Waals surface area contributed by atoms with E-state index in [1.807, 2.05) is 0 Å². The van der Waals surface area contributed by atoms with Crippen LogP contribution in [0.5, 0.6) is 0 Å². The number of hydrogen-bond acceptors (Lipinski definition) is 6. The molecule has 1 amide bonds. The molecule has 0 saturated carbocycles. The molecule has 1 saturated heterocycles. The van der Waals surface area contributed by atoms with Crippen molar-refractivity contribution in [1.29, 1.82) is 0 Å². The van der Waals surface area contributed by atoms with Gasteiger partial charge in [0.25, 0.3) is 0 Å². The van der Waals surface area contributed by atoms with Crippen LogP contribution in [-0.4, -0.2) is 57.8 Å². The first-order valence-corrected chi connectivity index (χ1v) is 5.82. The fourth-order valence-electron chi connectivity index (χ4n) is 1.77. The Hall–Kier alpha value is -2.00. The lowest BCUT2D eigenvalue weighted by molar-refractivity contribution is -0.125.